The van der Waals surface area contributed by atoms with E-state index in [1.54, 1.807) is 11.8 Å². The number of aliphatic hydroxyl groups is 1. The van der Waals surface area contributed by atoms with Crippen LogP contribution in [-0.2, 0) is 11.2 Å². The summed E-state index contributed by atoms with van der Waals surface area (Å²) in [5.74, 6) is 0.0638. The molecule has 1 saturated carbocycles. The summed E-state index contributed by atoms with van der Waals surface area (Å²) in [5, 5.41) is 13.5. The Morgan fingerprint density at radius 3 is 2.67 bits per heavy atom. The van der Waals surface area contributed by atoms with Gasteiger partial charge in [0.15, 0.2) is 0 Å². The fourth-order valence-corrected chi connectivity index (χ4v) is 4.48. The summed E-state index contributed by atoms with van der Waals surface area (Å²) >= 11 is 1.64. The van der Waals surface area contributed by atoms with Crippen LogP contribution in [0.3, 0.4) is 0 Å². The summed E-state index contributed by atoms with van der Waals surface area (Å²) in [5.41, 5.74) is 0.568. The Hall–Kier alpha value is -1.00. The van der Waals surface area contributed by atoms with E-state index in [1.807, 2.05) is 12.1 Å². The molecule has 114 valence electrons. The van der Waals surface area contributed by atoms with Gasteiger partial charge in [0.05, 0.1) is 10.9 Å². The molecule has 0 spiro atoms. The molecule has 1 unspecified atom stereocenters. The van der Waals surface area contributed by atoms with Gasteiger partial charge in [0, 0.05) is 11.4 Å². The van der Waals surface area contributed by atoms with E-state index in [9.17, 15) is 9.90 Å². The minimum absolute atomic E-state index is 0.0446. The maximum absolute atomic E-state index is 12.3. The number of carbonyl (C=O) groups excluding carboxylic acids is 1. The molecule has 1 atom stereocenters. The van der Waals surface area contributed by atoms with Crippen LogP contribution in [0.4, 0.5) is 0 Å². The largest absolute Gasteiger partial charge is 0.388 e. The Kier molecular flexibility index (Phi) is 4.55. The Balaban J connectivity index is 1.53. The molecule has 0 bridgehead atoms. The van der Waals surface area contributed by atoms with E-state index in [0.29, 0.717) is 6.54 Å². The van der Waals surface area contributed by atoms with Crippen LogP contribution < -0.4 is 5.32 Å². The van der Waals surface area contributed by atoms with Crippen LogP contribution in [0.2, 0.25) is 0 Å². The smallest absolute Gasteiger partial charge is 0.233 e. The van der Waals surface area contributed by atoms with Crippen molar-refractivity contribution in [3.05, 3.63) is 29.8 Å². The third kappa shape index (κ3) is 3.61. The lowest BCUT2D eigenvalue weighted by Gasteiger charge is -2.27. The van der Waals surface area contributed by atoms with Crippen molar-refractivity contribution in [2.45, 2.75) is 60.7 Å². The third-order valence-corrected chi connectivity index (χ3v) is 5.88. The molecule has 4 heteroatoms. The van der Waals surface area contributed by atoms with Crippen molar-refractivity contribution in [1.82, 2.24) is 5.32 Å². The number of hydrogen-bond donors (Lipinski definition) is 2. The molecular formula is C17H23NO2S. The number of amides is 1. The highest BCUT2D eigenvalue weighted by Crippen LogP contribution is 2.36. The molecule has 3 rings (SSSR count). The number of thioether (sulfide) groups is 1. The Bertz CT molecular complexity index is 484. The van der Waals surface area contributed by atoms with E-state index in [4.69, 9.17) is 0 Å². The van der Waals surface area contributed by atoms with Gasteiger partial charge in [-0.25, -0.2) is 0 Å². The topological polar surface area (TPSA) is 49.3 Å². The lowest BCUT2D eigenvalue weighted by molar-refractivity contribution is -0.121. The van der Waals surface area contributed by atoms with Gasteiger partial charge in [0.25, 0.3) is 0 Å². The second kappa shape index (κ2) is 6.41. The zero-order chi connectivity index (χ0) is 14.7. The van der Waals surface area contributed by atoms with Crippen LogP contribution in [0, 0.1) is 0 Å². The van der Waals surface area contributed by atoms with E-state index in [-0.39, 0.29) is 11.2 Å². The van der Waals surface area contributed by atoms with Crippen molar-refractivity contribution < 1.29 is 9.90 Å². The van der Waals surface area contributed by atoms with Crippen molar-refractivity contribution in [2.75, 3.05) is 6.54 Å². The summed E-state index contributed by atoms with van der Waals surface area (Å²) in [6, 6.07) is 8.20. The quantitative estimate of drug-likeness (QED) is 0.844. The molecule has 3 nitrogen and oxygen atoms in total. The van der Waals surface area contributed by atoms with Gasteiger partial charge in [-0.2, -0.15) is 0 Å². The summed E-state index contributed by atoms with van der Waals surface area (Å²) < 4.78 is 0. The monoisotopic (exact) mass is 305 g/mol. The SMILES string of the molecule is O=C(NCC1(O)CCCCCC1)C1Cc2ccccc2S1. The lowest BCUT2D eigenvalue weighted by atomic mass is 9.94. The molecule has 21 heavy (non-hydrogen) atoms. The van der Waals surface area contributed by atoms with Gasteiger partial charge in [-0.05, 0) is 30.9 Å². The molecule has 0 radical (unpaired) electrons. The van der Waals surface area contributed by atoms with Gasteiger partial charge < -0.3 is 10.4 Å². The summed E-state index contributed by atoms with van der Waals surface area (Å²) in [6.07, 6.45) is 6.95. The number of rotatable bonds is 3. The summed E-state index contributed by atoms with van der Waals surface area (Å²) in [7, 11) is 0. The van der Waals surface area contributed by atoms with Gasteiger partial charge in [-0.1, -0.05) is 43.9 Å². The highest BCUT2D eigenvalue weighted by molar-refractivity contribution is 8.01. The first-order chi connectivity index (χ1) is 10.2. The van der Waals surface area contributed by atoms with Crippen LogP contribution in [-0.4, -0.2) is 28.4 Å². The van der Waals surface area contributed by atoms with E-state index in [2.05, 4.69) is 17.4 Å². The van der Waals surface area contributed by atoms with Crippen LogP contribution in [0.1, 0.15) is 44.1 Å². The number of carbonyl (C=O) groups is 1. The maximum Gasteiger partial charge on any atom is 0.233 e. The molecular weight excluding hydrogens is 282 g/mol. The number of hydrogen-bond acceptors (Lipinski definition) is 3. The Labute approximate surface area is 130 Å². The first kappa shape index (κ1) is 14.9. The number of nitrogens with one attached hydrogen (secondary N) is 1. The fourth-order valence-electron chi connectivity index (χ4n) is 3.26. The fraction of sp³-hybridized carbons (Fsp3) is 0.588. The van der Waals surface area contributed by atoms with Gasteiger partial charge in [0.2, 0.25) is 5.91 Å². The summed E-state index contributed by atoms with van der Waals surface area (Å²) in [6.45, 7) is 0.402. The summed E-state index contributed by atoms with van der Waals surface area (Å²) in [4.78, 5) is 13.6. The average Bonchev–Trinajstić information content (AvgIpc) is 2.81. The van der Waals surface area contributed by atoms with Crippen molar-refractivity contribution in [2.24, 2.45) is 0 Å². The molecule has 2 N–H and O–H groups in total. The van der Waals surface area contributed by atoms with Crippen molar-refractivity contribution >= 4 is 17.7 Å². The molecule has 0 aromatic heterocycles. The van der Waals surface area contributed by atoms with Crippen LogP contribution in [0.25, 0.3) is 0 Å². The number of fused-ring (bicyclic) bond motifs is 1. The molecule has 1 aromatic carbocycles. The molecule has 2 aliphatic rings. The van der Waals surface area contributed by atoms with Crippen LogP contribution in [0.15, 0.2) is 29.2 Å². The molecule has 1 amide bonds. The number of benzene rings is 1. The Morgan fingerprint density at radius 2 is 1.95 bits per heavy atom. The second-order valence-corrected chi connectivity index (χ2v) is 7.52. The molecule has 1 fully saturated rings. The maximum atomic E-state index is 12.3. The predicted molar refractivity (Wildman–Crippen MR) is 85.5 cm³/mol. The molecule has 1 aliphatic carbocycles. The van der Waals surface area contributed by atoms with Crippen molar-refractivity contribution in [3.8, 4) is 0 Å². The van der Waals surface area contributed by atoms with E-state index >= 15 is 0 Å². The minimum Gasteiger partial charge on any atom is -0.388 e. The minimum atomic E-state index is -0.692. The zero-order valence-corrected chi connectivity index (χ0v) is 13.1. The van der Waals surface area contributed by atoms with Crippen LogP contribution in [0.5, 0.6) is 0 Å². The molecule has 1 aromatic rings. The molecule has 0 saturated heterocycles. The third-order valence-electron chi connectivity index (χ3n) is 4.57. The van der Waals surface area contributed by atoms with Gasteiger partial charge >= 0.3 is 0 Å². The molecule has 1 aliphatic heterocycles. The normalized spacial score (nSPS) is 24.1. The van der Waals surface area contributed by atoms with Gasteiger partial charge in [-0.15, -0.1) is 11.8 Å². The lowest BCUT2D eigenvalue weighted by Crippen LogP contribution is -2.45. The van der Waals surface area contributed by atoms with Gasteiger partial charge in [-0.3, -0.25) is 4.79 Å². The van der Waals surface area contributed by atoms with E-state index in [0.717, 1.165) is 32.1 Å². The Morgan fingerprint density at radius 1 is 1.24 bits per heavy atom. The average molecular weight is 305 g/mol. The van der Waals surface area contributed by atoms with Crippen LogP contribution >= 0.6 is 11.8 Å². The first-order valence-electron chi connectivity index (χ1n) is 7.91. The highest BCUT2D eigenvalue weighted by atomic mass is 32.2. The van der Waals surface area contributed by atoms with Gasteiger partial charge in [0.1, 0.15) is 0 Å². The van der Waals surface area contributed by atoms with Crippen molar-refractivity contribution in [1.29, 1.82) is 0 Å². The zero-order valence-electron chi connectivity index (χ0n) is 12.3. The van der Waals surface area contributed by atoms with Crippen molar-refractivity contribution in [3.63, 3.8) is 0 Å². The predicted octanol–water partition coefficient (Wildman–Crippen LogP) is 2.90. The standard InChI is InChI=1S/C17H23NO2S/c19-16(15-11-13-7-3-4-8-14(13)21-15)18-12-17(20)9-5-1-2-6-10-17/h3-4,7-8,15,20H,1-2,5-6,9-12H2,(H,18,19). The first-order valence-corrected chi connectivity index (χ1v) is 8.79. The van der Waals surface area contributed by atoms with E-state index in [1.165, 1.54) is 23.3 Å². The highest BCUT2D eigenvalue weighted by Gasteiger charge is 2.32. The molecule has 1 heterocycles. The second-order valence-electron chi connectivity index (χ2n) is 6.27. The van der Waals surface area contributed by atoms with E-state index < -0.39 is 5.60 Å².